The van der Waals surface area contributed by atoms with E-state index < -0.39 is 0 Å². The van der Waals surface area contributed by atoms with Crippen LogP contribution in [0.15, 0.2) is 59.1 Å². The molecular weight excluding hydrogens is 639 g/mol. The summed E-state index contributed by atoms with van der Waals surface area (Å²) >= 11 is 3.09. The van der Waals surface area contributed by atoms with Crippen molar-refractivity contribution in [3.05, 3.63) is 92.5 Å². The summed E-state index contributed by atoms with van der Waals surface area (Å²) < 4.78 is 15.9. The molecule has 2 aromatic carbocycles. The Morgan fingerprint density at radius 3 is 1.68 bits per heavy atom. The Morgan fingerprint density at radius 2 is 1.21 bits per heavy atom. The second-order valence-corrected chi connectivity index (χ2v) is 12.5. The van der Waals surface area contributed by atoms with Gasteiger partial charge in [0, 0.05) is 58.3 Å². The number of nitro groups is 1. The van der Waals surface area contributed by atoms with E-state index >= 15 is 0 Å². The first kappa shape index (κ1) is 33.5. The molecule has 0 aliphatic rings. The minimum Gasteiger partial charge on any atom is -0.497 e. The van der Waals surface area contributed by atoms with Crippen molar-refractivity contribution in [3.63, 3.8) is 0 Å². The first-order valence-corrected chi connectivity index (χ1v) is 16.5. The average molecular weight is 674 g/mol. The molecule has 47 heavy (non-hydrogen) atoms. The molecule has 0 spiro atoms. The van der Waals surface area contributed by atoms with Crippen molar-refractivity contribution < 1.29 is 19.1 Å². The smallest absolute Gasteiger partial charge is 0.278 e. The topological polar surface area (TPSA) is 154 Å². The van der Waals surface area contributed by atoms with Crippen molar-refractivity contribution >= 4 is 51.3 Å². The van der Waals surface area contributed by atoms with E-state index in [-0.39, 0.29) is 10.6 Å². The predicted molar refractivity (Wildman–Crippen MR) is 185 cm³/mol. The normalized spacial score (nSPS) is 11.0. The third-order valence-electron chi connectivity index (χ3n) is 7.53. The van der Waals surface area contributed by atoms with E-state index in [0.29, 0.717) is 22.6 Å². The molecule has 6 aromatic rings. The molecule has 0 fully saturated rings. The molecule has 0 bridgehead atoms. The zero-order chi connectivity index (χ0) is 33.7. The van der Waals surface area contributed by atoms with Crippen LogP contribution in [0.25, 0.3) is 22.1 Å². The minimum absolute atomic E-state index is 0.134. The molecule has 0 aliphatic heterocycles. The lowest BCUT2D eigenvalue weighted by molar-refractivity contribution is -0.386. The number of methoxy groups -OCH3 is 3. The summed E-state index contributed by atoms with van der Waals surface area (Å²) in [5, 5.41) is 12.8. The van der Waals surface area contributed by atoms with Gasteiger partial charge in [-0.2, -0.15) is 0 Å². The maximum absolute atomic E-state index is 11.2. The minimum atomic E-state index is -0.353. The van der Waals surface area contributed by atoms with E-state index in [4.69, 9.17) is 14.2 Å². The highest BCUT2D eigenvalue weighted by molar-refractivity contribution is 7.98. The molecule has 0 aliphatic carbocycles. The number of nitrogens with one attached hydrogen (secondary N) is 2. The first-order chi connectivity index (χ1) is 22.6. The molecule has 244 valence electrons. The van der Waals surface area contributed by atoms with Crippen LogP contribution in [0.5, 0.6) is 17.2 Å². The fourth-order valence-corrected chi connectivity index (χ4v) is 6.82. The predicted octanol–water partition coefficient (Wildman–Crippen LogP) is 7.67. The zero-order valence-electron chi connectivity index (χ0n) is 27.1. The molecule has 0 atom stereocenters. The van der Waals surface area contributed by atoms with Crippen LogP contribution in [0.4, 0.5) is 5.69 Å². The summed E-state index contributed by atoms with van der Waals surface area (Å²) in [4.78, 5) is 35.3. The van der Waals surface area contributed by atoms with Crippen molar-refractivity contribution in [2.24, 2.45) is 0 Å². The molecule has 14 heteroatoms. The quantitative estimate of drug-likeness (QED) is 0.0836. The number of rotatable bonds is 10. The van der Waals surface area contributed by atoms with Crippen LogP contribution in [0.1, 0.15) is 33.6 Å². The van der Waals surface area contributed by atoms with Crippen LogP contribution < -0.4 is 14.2 Å². The molecule has 0 amide bonds. The van der Waals surface area contributed by atoms with Crippen LogP contribution in [0.3, 0.4) is 0 Å². The van der Waals surface area contributed by atoms with Crippen LogP contribution in [0, 0.1) is 37.8 Å². The van der Waals surface area contributed by atoms with Crippen LogP contribution in [-0.4, -0.2) is 56.2 Å². The molecule has 0 saturated carbocycles. The maximum Gasteiger partial charge on any atom is 0.278 e. The fraction of sp³-hybridized carbons (Fsp3) is 0.273. The van der Waals surface area contributed by atoms with Gasteiger partial charge < -0.3 is 24.2 Å². The van der Waals surface area contributed by atoms with Crippen molar-refractivity contribution in [3.8, 4) is 17.2 Å². The van der Waals surface area contributed by atoms with Gasteiger partial charge in [-0.3, -0.25) is 20.1 Å². The van der Waals surface area contributed by atoms with E-state index in [1.807, 2.05) is 56.4 Å². The molecule has 0 radical (unpaired) electrons. The number of ether oxygens (including phenoxy) is 3. The number of H-pyrrole nitrogens is 2. The fourth-order valence-electron chi connectivity index (χ4n) is 5.00. The Labute approximate surface area is 280 Å². The molecule has 12 nitrogen and oxygen atoms in total. The van der Waals surface area contributed by atoms with Gasteiger partial charge in [0.05, 0.1) is 59.7 Å². The van der Waals surface area contributed by atoms with Crippen molar-refractivity contribution in [2.75, 3.05) is 21.3 Å². The molecule has 0 saturated heterocycles. The Hall–Kier alpha value is -4.82. The van der Waals surface area contributed by atoms with Crippen LogP contribution in [0.2, 0.25) is 0 Å². The second-order valence-electron chi connectivity index (χ2n) is 10.6. The zero-order valence-corrected chi connectivity index (χ0v) is 28.8. The number of imidazole rings is 2. The molecule has 6 rings (SSSR count). The molecule has 4 aromatic heterocycles. The lowest BCUT2D eigenvalue weighted by Gasteiger charge is -2.11. The summed E-state index contributed by atoms with van der Waals surface area (Å²) in [5.41, 5.74) is 8.77. The Morgan fingerprint density at radius 1 is 0.723 bits per heavy atom. The highest BCUT2D eigenvalue weighted by Crippen LogP contribution is 2.31. The monoisotopic (exact) mass is 673 g/mol. The van der Waals surface area contributed by atoms with Gasteiger partial charge in [0.15, 0.2) is 10.3 Å². The van der Waals surface area contributed by atoms with E-state index in [0.717, 1.165) is 72.2 Å². The number of nitrogens with zero attached hydrogens (tertiary/aromatic N) is 5. The van der Waals surface area contributed by atoms with Crippen molar-refractivity contribution in [1.82, 2.24) is 29.9 Å². The number of aromatic amines is 2. The van der Waals surface area contributed by atoms with Gasteiger partial charge >= 0.3 is 0 Å². The third-order valence-corrected chi connectivity index (χ3v) is 9.30. The van der Waals surface area contributed by atoms with E-state index in [2.05, 4.69) is 29.9 Å². The van der Waals surface area contributed by atoms with Gasteiger partial charge in [0.1, 0.15) is 17.2 Å². The van der Waals surface area contributed by atoms with Crippen molar-refractivity contribution in [2.45, 2.75) is 49.5 Å². The van der Waals surface area contributed by atoms with E-state index in [1.165, 1.54) is 11.8 Å². The number of fused-ring (bicyclic) bond motifs is 2. The lowest BCUT2D eigenvalue weighted by atomic mass is 10.1. The SMILES string of the molecule is COc1ccc2nc(SCc3ncc(C)c(OC)c3C)[nH]c2c1.COc1ccc2nc(SCc3ncc(C)c([N+](=O)[O-])c3C)[nH]c2c1. The molecule has 2 N–H and O–H groups in total. The largest absolute Gasteiger partial charge is 0.497 e. The number of aromatic nitrogens is 6. The van der Waals surface area contributed by atoms with Crippen molar-refractivity contribution in [1.29, 1.82) is 0 Å². The summed E-state index contributed by atoms with van der Waals surface area (Å²) in [5.74, 6) is 3.72. The molecule has 4 heterocycles. The number of benzene rings is 2. The highest BCUT2D eigenvalue weighted by atomic mass is 32.2. The lowest BCUT2D eigenvalue weighted by Crippen LogP contribution is -2.01. The first-order valence-electron chi connectivity index (χ1n) is 14.5. The van der Waals surface area contributed by atoms with E-state index in [1.54, 1.807) is 53.1 Å². The van der Waals surface area contributed by atoms with Crippen LogP contribution in [-0.2, 0) is 11.5 Å². The van der Waals surface area contributed by atoms with Gasteiger partial charge in [0.25, 0.3) is 5.69 Å². The molecule has 0 unspecified atom stereocenters. The Balaban J connectivity index is 0.000000185. The third kappa shape index (κ3) is 7.60. The average Bonchev–Trinajstić information content (AvgIpc) is 3.67. The summed E-state index contributed by atoms with van der Waals surface area (Å²) in [7, 11) is 4.97. The second kappa shape index (κ2) is 14.7. The summed E-state index contributed by atoms with van der Waals surface area (Å²) in [6, 6.07) is 11.4. The number of pyridine rings is 2. The Kier molecular flexibility index (Phi) is 10.5. The maximum atomic E-state index is 11.2. The van der Waals surface area contributed by atoms with Gasteiger partial charge in [0.2, 0.25) is 0 Å². The number of hydrogen-bond acceptors (Lipinski definition) is 11. The van der Waals surface area contributed by atoms with Crippen LogP contribution >= 0.6 is 23.5 Å². The van der Waals surface area contributed by atoms with Gasteiger partial charge in [-0.1, -0.05) is 23.5 Å². The standard InChI is InChI=1S/C17H19N3O2S.C16H16N4O3S/c1-10-8-18-15(11(2)16(10)22-4)9-23-17-19-13-6-5-12(21-3)7-14(13)20-17;1-9-7-17-14(10(2)15(9)20(21)22)8-24-16-18-12-5-4-11(23-3)6-13(12)19-16/h5-8H,9H2,1-4H3,(H,19,20);4-7H,8H2,1-3H3,(H,18,19). The van der Waals surface area contributed by atoms with E-state index in [9.17, 15) is 10.1 Å². The van der Waals surface area contributed by atoms with Gasteiger partial charge in [-0.25, -0.2) is 9.97 Å². The molecular formula is C33H35N7O5S2. The highest BCUT2D eigenvalue weighted by Gasteiger charge is 2.19. The summed E-state index contributed by atoms with van der Waals surface area (Å²) in [6.07, 6.45) is 3.40. The summed E-state index contributed by atoms with van der Waals surface area (Å²) in [6.45, 7) is 7.47. The number of aryl methyl sites for hydroxylation is 2. The van der Waals surface area contributed by atoms with Gasteiger partial charge in [-0.15, -0.1) is 0 Å². The van der Waals surface area contributed by atoms with Gasteiger partial charge in [-0.05, 0) is 52.0 Å². The number of thioether (sulfide) groups is 2. The Bertz CT molecular complexity index is 2060. The number of hydrogen-bond donors (Lipinski definition) is 2.